The maximum Gasteiger partial charge on any atom is 0.311 e. The SMILES string of the molecule is CC1CCC(C(=O)Nc2nc(Cl)ccc2[N+](=O)[O-])CC1. The van der Waals surface area contributed by atoms with Gasteiger partial charge in [0.1, 0.15) is 5.15 Å². The Morgan fingerprint density at radius 2 is 2.05 bits per heavy atom. The first-order chi connectivity index (χ1) is 9.47. The van der Waals surface area contributed by atoms with Crippen molar-refractivity contribution in [3.05, 3.63) is 27.4 Å². The topological polar surface area (TPSA) is 85.1 Å². The van der Waals surface area contributed by atoms with Gasteiger partial charge in [-0.15, -0.1) is 0 Å². The third kappa shape index (κ3) is 3.45. The van der Waals surface area contributed by atoms with Crippen LogP contribution < -0.4 is 5.32 Å². The van der Waals surface area contributed by atoms with Crippen molar-refractivity contribution in [2.24, 2.45) is 11.8 Å². The maximum atomic E-state index is 12.1. The highest BCUT2D eigenvalue weighted by molar-refractivity contribution is 6.29. The number of hydrogen-bond donors (Lipinski definition) is 1. The fraction of sp³-hybridized carbons (Fsp3) is 0.538. The Morgan fingerprint density at radius 1 is 1.40 bits per heavy atom. The molecule has 1 aromatic rings. The molecule has 2 rings (SSSR count). The predicted octanol–water partition coefficient (Wildman–Crippen LogP) is 3.41. The van der Waals surface area contributed by atoms with Crippen LogP contribution in [0.4, 0.5) is 11.5 Å². The Kier molecular flexibility index (Phi) is 4.54. The molecule has 1 aliphatic rings. The van der Waals surface area contributed by atoms with Gasteiger partial charge in [0.15, 0.2) is 0 Å². The molecule has 0 spiro atoms. The molecule has 0 aromatic carbocycles. The molecule has 0 bridgehead atoms. The minimum Gasteiger partial charge on any atom is -0.305 e. The van der Waals surface area contributed by atoms with Crippen molar-refractivity contribution in [3.63, 3.8) is 0 Å². The summed E-state index contributed by atoms with van der Waals surface area (Å²) in [5.74, 6) is 0.241. The molecule has 7 heteroatoms. The molecule has 0 saturated heterocycles. The number of anilines is 1. The molecule has 0 unspecified atom stereocenters. The van der Waals surface area contributed by atoms with Crippen LogP contribution in [0.15, 0.2) is 12.1 Å². The Morgan fingerprint density at radius 3 is 2.65 bits per heavy atom. The largest absolute Gasteiger partial charge is 0.311 e. The van der Waals surface area contributed by atoms with Crippen LogP contribution in [-0.2, 0) is 4.79 Å². The van der Waals surface area contributed by atoms with E-state index in [1.807, 2.05) is 0 Å². The van der Waals surface area contributed by atoms with E-state index in [1.165, 1.54) is 12.1 Å². The minimum absolute atomic E-state index is 0.0777. The number of rotatable bonds is 3. The van der Waals surface area contributed by atoms with Crippen molar-refractivity contribution in [2.75, 3.05) is 5.32 Å². The van der Waals surface area contributed by atoms with Crippen LogP contribution in [0.1, 0.15) is 32.6 Å². The van der Waals surface area contributed by atoms with Crippen molar-refractivity contribution in [1.82, 2.24) is 4.98 Å². The minimum atomic E-state index is -0.581. The van der Waals surface area contributed by atoms with Crippen LogP contribution >= 0.6 is 11.6 Å². The van der Waals surface area contributed by atoms with Gasteiger partial charge in [-0.2, -0.15) is 0 Å². The summed E-state index contributed by atoms with van der Waals surface area (Å²) in [7, 11) is 0. The van der Waals surface area contributed by atoms with Crippen molar-refractivity contribution < 1.29 is 9.72 Å². The third-order valence-corrected chi connectivity index (χ3v) is 3.88. The van der Waals surface area contributed by atoms with E-state index >= 15 is 0 Å². The number of amides is 1. The summed E-state index contributed by atoms with van der Waals surface area (Å²) < 4.78 is 0. The summed E-state index contributed by atoms with van der Waals surface area (Å²) in [4.78, 5) is 26.3. The fourth-order valence-corrected chi connectivity index (χ4v) is 2.56. The molecule has 1 N–H and O–H groups in total. The lowest BCUT2D eigenvalue weighted by atomic mass is 9.82. The van der Waals surface area contributed by atoms with E-state index in [1.54, 1.807) is 0 Å². The van der Waals surface area contributed by atoms with Gasteiger partial charge in [-0.25, -0.2) is 4.98 Å². The van der Waals surface area contributed by atoms with E-state index in [4.69, 9.17) is 11.6 Å². The number of hydrogen-bond acceptors (Lipinski definition) is 4. The fourth-order valence-electron chi connectivity index (χ4n) is 2.41. The van der Waals surface area contributed by atoms with E-state index in [0.717, 1.165) is 25.7 Å². The summed E-state index contributed by atoms with van der Waals surface area (Å²) in [5, 5.41) is 13.6. The van der Waals surface area contributed by atoms with Gasteiger partial charge in [-0.1, -0.05) is 18.5 Å². The van der Waals surface area contributed by atoms with Crippen LogP contribution in [0.2, 0.25) is 5.15 Å². The number of halogens is 1. The first kappa shape index (κ1) is 14.7. The van der Waals surface area contributed by atoms with E-state index in [9.17, 15) is 14.9 Å². The van der Waals surface area contributed by atoms with Gasteiger partial charge in [0.05, 0.1) is 4.92 Å². The molecule has 1 amide bonds. The van der Waals surface area contributed by atoms with Crippen LogP contribution in [0.25, 0.3) is 0 Å². The highest BCUT2D eigenvalue weighted by atomic mass is 35.5. The van der Waals surface area contributed by atoms with Crippen molar-refractivity contribution in [2.45, 2.75) is 32.6 Å². The Bertz CT molecular complexity index is 528. The lowest BCUT2D eigenvalue weighted by molar-refractivity contribution is -0.384. The second-order valence-corrected chi connectivity index (χ2v) is 5.59. The van der Waals surface area contributed by atoms with Crippen LogP contribution in [-0.4, -0.2) is 15.8 Å². The maximum absolute atomic E-state index is 12.1. The smallest absolute Gasteiger partial charge is 0.305 e. The number of carbonyl (C=O) groups excluding carboxylic acids is 1. The molecular weight excluding hydrogens is 282 g/mol. The number of nitro groups is 1. The second-order valence-electron chi connectivity index (χ2n) is 5.20. The molecule has 0 radical (unpaired) electrons. The molecule has 1 aromatic heterocycles. The highest BCUT2D eigenvalue weighted by Gasteiger charge is 2.26. The third-order valence-electron chi connectivity index (χ3n) is 3.66. The summed E-state index contributed by atoms with van der Waals surface area (Å²) in [5.41, 5.74) is -0.244. The van der Waals surface area contributed by atoms with Gasteiger partial charge in [0.2, 0.25) is 11.7 Å². The zero-order chi connectivity index (χ0) is 14.7. The molecule has 1 saturated carbocycles. The standard InChI is InChI=1S/C13H16ClN3O3/c1-8-2-4-9(5-3-8)13(18)16-12-10(17(19)20)6-7-11(14)15-12/h6-9H,2-5H2,1H3,(H,15,16,18). The lowest BCUT2D eigenvalue weighted by Gasteiger charge is -2.24. The monoisotopic (exact) mass is 297 g/mol. The number of nitrogens with one attached hydrogen (secondary N) is 1. The first-order valence-electron chi connectivity index (χ1n) is 6.59. The van der Waals surface area contributed by atoms with Gasteiger partial charge in [0, 0.05) is 12.0 Å². The molecule has 1 aliphatic carbocycles. The van der Waals surface area contributed by atoms with Crippen molar-refractivity contribution in [3.8, 4) is 0 Å². The van der Waals surface area contributed by atoms with Gasteiger partial charge in [-0.3, -0.25) is 14.9 Å². The van der Waals surface area contributed by atoms with Crippen molar-refractivity contribution in [1.29, 1.82) is 0 Å². The highest BCUT2D eigenvalue weighted by Crippen LogP contribution is 2.30. The van der Waals surface area contributed by atoms with Gasteiger partial charge in [0.25, 0.3) is 0 Å². The van der Waals surface area contributed by atoms with Gasteiger partial charge >= 0.3 is 5.69 Å². The zero-order valence-corrected chi connectivity index (χ0v) is 11.9. The zero-order valence-electron chi connectivity index (χ0n) is 11.1. The molecule has 108 valence electrons. The molecule has 6 nitrogen and oxygen atoms in total. The molecular formula is C13H16ClN3O3. The average Bonchev–Trinajstić information content (AvgIpc) is 2.39. The lowest BCUT2D eigenvalue weighted by Crippen LogP contribution is -2.27. The molecule has 20 heavy (non-hydrogen) atoms. The second kappa shape index (κ2) is 6.17. The Hall–Kier alpha value is -1.69. The van der Waals surface area contributed by atoms with E-state index < -0.39 is 4.92 Å². The summed E-state index contributed by atoms with van der Waals surface area (Å²) in [6.07, 6.45) is 3.62. The van der Waals surface area contributed by atoms with Gasteiger partial charge < -0.3 is 5.32 Å². The number of nitrogens with zero attached hydrogens (tertiary/aromatic N) is 2. The summed E-state index contributed by atoms with van der Waals surface area (Å²) in [6.45, 7) is 2.16. The summed E-state index contributed by atoms with van der Waals surface area (Å²) >= 11 is 5.72. The normalized spacial score (nSPS) is 22.3. The van der Waals surface area contributed by atoms with E-state index in [0.29, 0.717) is 5.92 Å². The van der Waals surface area contributed by atoms with E-state index in [-0.39, 0.29) is 28.5 Å². The first-order valence-corrected chi connectivity index (χ1v) is 6.97. The number of pyridine rings is 1. The molecule has 1 fully saturated rings. The van der Waals surface area contributed by atoms with Gasteiger partial charge in [-0.05, 0) is 37.7 Å². The average molecular weight is 298 g/mol. The Labute approximate surface area is 121 Å². The Balaban J connectivity index is 2.11. The molecule has 0 aliphatic heterocycles. The predicted molar refractivity (Wildman–Crippen MR) is 75.7 cm³/mol. The molecule has 0 atom stereocenters. The van der Waals surface area contributed by atoms with E-state index in [2.05, 4.69) is 17.2 Å². The van der Waals surface area contributed by atoms with Crippen LogP contribution in [0.3, 0.4) is 0 Å². The number of aromatic nitrogens is 1. The van der Waals surface area contributed by atoms with Crippen LogP contribution in [0.5, 0.6) is 0 Å². The number of carbonyl (C=O) groups is 1. The molecule has 1 heterocycles. The van der Waals surface area contributed by atoms with Crippen molar-refractivity contribution >= 4 is 29.0 Å². The quantitative estimate of drug-likeness (QED) is 0.526. The van der Waals surface area contributed by atoms with Crippen LogP contribution in [0, 0.1) is 22.0 Å². The summed E-state index contributed by atoms with van der Waals surface area (Å²) in [6, 6.07) is 2.57.